The molecule has 0 amide bonds. The molecule has 0 saturated heterocycles. The van der Waals surface area contributed by atoms with E-state index in [0.717, 1.165) is 68.0 Å². The highest BCUT2D eigenvalue weighted by molar-refractivity contribution is 5.74. The molecule has 2 aromatic heterocycles. The second-order valence-corrected chi connectivity index (χ2v) is 8.72. The van der Waals surface area contributed by atoms with Crippen molar-refractivity contribution in [3.05, 3.63) is 66.5 Å². The van der Waals surface area contributed by atoms with Crippen LogP contribution >= 0.6 is 0 Å². The van der Waals surface area contributed by atoms with E-state index >= 15 is 0 Å². The molecule has 1 aromatic carbocycles. The van der Waals surface area contributed by atoms with Gasteiger partial charge in [-0.1, -0.05) is 24.3 Å². The average molecular weight is 443 g/mol. The molecular formula is C26H30N6O. The Balaban J connectivity index is 1.37. The Hall–Kier alpha value is -3.29. The van der Waals surface area contributed by atoms with Crippen LogP contribution in [0, 0.1) is 0 Å². The fraction of sp³-hybridized carbons (Fsp3) is 0.346. The quantitative estimate of drug-likeness (QED) is 0.450. The Labute approximate surface area is 194 Å². The van der Waals surface area contributed by atoms with E-state index in [1.165, 1.54) is 11.1 Å². The fourth-order valence-electron chi connectivity index (χ4n) is 4.44. The molecule has 1 fully saturated rings. The minimum atomic E-state index is -0.191. The van der Waals surface area contributed by atoms with E-state index in [2.05, 4.69) is 56.3 Å². The molecule has 2 aliphatic rings. The Morgan fingerprint density at radius 2 is 1.82 bits per heavy atom. The van der Waals surface area contributed by atoms with Crippen LogP contribution in [0.3, 0.4) is 0 Å². The van der Waals surface area contributed by atoms with Crippen LogP contribution < -0.4 is 16.0 Å². The van der Waals surface area contributed by atoms with Crippen LogP contribution in [0.2, 0.25) is 0 Å². The monoisotopic (exact) mass is 442 g/mol. The molecule has 170 valence electrons. The summed E-state index contributed by atoms with van der Waals surface area (Å²) in [7, 11) is 0. The Kier molecular flexibility index (Phi) is 6.60. The zero-order valence-electron chi connectivity index (χ0n) is 18.7. The van der Waals surface area contributed by atoms with Crippen molar-refractivity contribution < 1.29 is 5.11 Å². The lowest BCUT2D eigenvalue weighted by Crippen LogP contribution is -2.29. The maximum atomic E-state index is 9.86. The molecule has 1 saturated carbocycles. The predicted octanol–water partition coefficient (Wildman–Crippen LogP) is 4.37. The molecule has 7 nitrogen and oxygen atoms in total. The number of hydrogen-bond donors (Lipinski definition) is 4. The van der Waals surface area contributed by atoms with Crippen LogP contribution in [-0.2, 0) is 0 Å². The van der Waals surface area contributed by atoms with Crippen LogP contribution in [-0.4, -0.2) is 45.3 Å². The first-order valence-corrected chi connectivity index (χ1v) is 11.7. The highest BCUT2D eigenvalue weighted by atomic mass is 16.3. The SMILES string of the molecule is OC1CCC(Nc2nc(Nc3ccc(C4=CCCNC4)cc3)ncc2-c2ccccn2)CC1. The molecule has 3 heterocycles. The summed E-state index contributed by atoms with van der Waals surface area (Å²) in [6.45, 7) is 1.96. The maximum Gasteiger partial charge on any atom is 0.229 e. The van der Waals surface area contributed by atoms with Gasteiger partial charge in [0.15, 0.2) is 0 Å². The molecule has 5 rings (SSSR count). The van der Waals surface area contributed by atoms with Gasteiger partial charge < -0.3 is 21.1 Å². The maximum absolute atomic E-state index is 9.86. The molecule has 4 N–H and O–H groups in total. The predicted molar refractivity (Wildman–Crippen MR) is 132 cm³/mol. The molecule has 1 aliphatic heterocycles. The Morgan fingerprint density at radius 3 is 2.55 bits per heavy atom. The average Bonchev–Trinajstić information content (AvgIpc) is 2.87. The first kappa shape index (κ1) is 21.6. The topological polar surface area (TPSA) is 95.0 Å². The number of rotatable bonds is 6. The standard InChI is InChI=1S/C26H30N6O/c33-22-12-10-20(11-13-22)30-25-23(24-5-1-2-15-28-24)17-29-26(32-25)31-21-8-6-18(7-9-21)19-4-3-14-27-16-19/h1-2,4-9,15,17,20,22,27,33H,3,10-14,16H2,(H2,29,30,31,32). The third kappa shape index (κ3) is 5.38. The number of benzene rings is 1. The first-order valence-electron chi connectivity index (χ1n) is 11.7. The summed E-state index contributed by atoms with van der Waals surface area (Å²) < 4.78 is 0. The van der Waals surface area contributed by atoms with Crippen molar-refractivity contribution in [1.29, 1.82) is 0 Å². The summed E-state index contributed by atoms with van der Waals surface area (Å²) in [5, 5.41) is 20.2. The summed E-state index contributed by atoms with van der Waals surface area (Å²) >= 11 is 0. The Bertz CT molecular complexity index is 1090. The van der Waals surface area contributed by atoms with Gasteiger partial charge >= 0.3 is 0 Å². The van der Waals surface area contributed by atoms with Crippen LogP contribution in [0.4, 0.5) is 17.5 Å². The highest BCUT2D eigenvalue weighted by Crippen LogP contribution is 2.29. The molecular weight excluding hydrogens is 412 g/mol. The molecule has 7 heteroatoms. The normalized spacial score (nSPS) is 20.7. The van der Waals surface area contributed by atoms with Gasteiger partial charge in [0.1, 0.15) is 5.82 Å². The smallest absolute Gasteiger partial charge is 0.229 e. The largest absolute Gasteiger partial charge is 0.393 e. The molecule has 0 spiro atoms. The summed E-state index contributed by atoms with van der Waals surface area (Å²) in [6, 6.07) is 14.5. The van der Waals surface area contributed by atoms with Gasteiger partial charge in [0.25, 0.3) is 0 Å². The van der Waals surface area contributed by atoms with Crippen molar-refractivity contribution in [1.82, 2.24) is 20.3 Å². The van der Waals surface area contributed by atoms with Gasteiger partial charge in [0.05, 0.1) is 17.4 Å². The van der Waals surface area contributed by atoms with Crippen molar-refractivity contribution >= 4 is 23.0 Å². The van der Waals surface area contributed by atoms with Crippen LogP contribution in [0.1, 0.15) is 37.7 Å². The van der Waals surface area contributed by atoms with Gasteiger partial charge in [0, 0.05) is 30.7 Å². The zero-order chi connectivity index (χ0) is 22.5. The minimum Gasteiger partial charge on any atom is -0.393 e. The van der Waals surface area contributed by atoms with Crippen molar-refractivity contribution in [3.63, 3.8) is 0 Å². The number of hydrogen-bond acceptors (Lipinski definition) is 7. The van der Waals surface area contributed by atoms with Crippen molar-refractivity contribution in [2.45, 2.75) is 44.2 Å². The third-order valence-corrected chi connectivity index (χ3v) is 6.31. The number of nitrogens with zero attached hydrogens (tertiary/aromatic N) is 3. The van der Waals surface area contributed by atoms with Crippen LogP contribution in [0.15, 0.2) is 60.9 Å². The lowest BCUT2D eigenvalue weighted by atomic mass is 9.93. The lowest BCUT2D eigenvalue weighted by molar-refractivity contribution is 0.126. The summed E-state index contributed by atoms with van der Waals surface area (Å²) in [5.74, 6) is 1.31. The van der Waals surface area contributed by atoms with E-state index in [1.807, 2.05) is 24.4 Å². The van der Waals surface area contributed by atoms with E-state index in [1.54, 1.807) is 6.20 Å². The van der Waals surface area contributed by atoms with Crippen molar-refractivity contribution in [3.8, 4) is 11.3 Å². The number of aliphatic hydroxyl groups is 1. The third-order valence-electron chi connectivity index (χ3n) is 6.31. The second-order valence-electron chi connectivity index (χ2n) is 8.72. The number of pyridine rings is 1. The van der Waals surface area contributed by atoms with E-state index in [9.17, 15) is 5.11 Å². The number of aliphatic hydroxyl groups excluding tert-OH is 1. The minimum absolute atomic E-state index is 0.191. The summed E-state index contributed by atoms with van der Waals surface area (Å²) in [6.07, 6.45) is 10.2. The van der Waals surface area contributed by atoms with E-state index < -0.39 is 0 Å². The van der Waals surface area contributed by atoms with E-state index in [4.69, 9.17) is 4.98 Å². The van der Waals surface area contributed by atoms with Gasteiger partial charge in [-0.3, -0.25) is 4.98 Å². The van der Waals surface area contributed by atoms with E-state index in [-0.39, 0.29) is 12.1 Å². The van der Waals surface area contributed by atoms with Gasteiger partial charge in [0.2, 0.25) is 5.95 Å². The molecule has 1 aliphatic carbocycles. The molecule has 3 aromatic rings. The number of anilines is 3. The Morgan fingerprint density at radius 1 is 0.970 bits per heavy atom. The zero-order valence-corrected chi connectivity index (χ0v) is 18.7. The van der Waals surface area contributed by atoms with Gasteiger partial charge in [-0.2, -0.15) is 4.98 Å². The van der Waals surface area contributed by atoms with Crippen LogP contribution in [0.5, 0.6) is 0 Å². The molecule has 0 unspecified atom stereocenters. The summed E-state index contributed by atoms with van der Waals surface area (Å²) in [5.41, 5.74) is 5.23. The number of nitrogens with one attached hydrogen (secondary N) is 3. The first-order chi connectivity index (χ1) is 16.2. The van der Waals surface area contributed by atoms with Crippen molar-refractivity contribution in [2.24, 2.45) is 0 Å². The van der Waals surface area contributed by atoms with Crippen LogP contribution in [0.25, 0.3) is 16.8 Å². The second kappa shape index (κ2) is 10.1. The van der Waals surface area contributed by atoms with Crippen molar-refractivity contribution in [2.75, 3.05) is 23.7 Å². The van der Waals surface area contributed by atoms with E-state index in [0.29, 0.717) is 5.95 Å². The van der Waals surface area contributed by atoms with Gasteiger partial charge in [-0.15, -0.1) is 0 Å². The lowest BCUT2D eigenvalue weighted by Gasteiger charge is -2.27. The molecule has 0 bridgehead atoms. The fourth-order valence-corrected chi connectivity index (χ4v) is 4.44. The number of aromatic nitrogens is 3. The molecule has 33 heavy (non-hydrogen) atoms. The van der Waals surface area contributed by atoms with Gasteiger partial charge in [-0.25, -0.2) is 4.98 Å². The van der Waals surface area contributed by atoms with Gasteiger partial charge in [-0.05, 0) is 74.1 Å². The highest BCUT2D eigenvalue weighted by Gasteiger charge is 2.21. The summed E-state index contributed by atoms with van der Waals surface area (Å²) in [4.78, 5) is 13.9. The molecule has 0 radical (unpaired) electrons. The molecule has 0 atom stereocenters.